The first-order chi connectivity index (χ1) is 12.4. The highest BCUT2D eigenvalue weighted by Crippen LogP contribution is 2.39. The number of H-pyrrole nitrogens is 1. The summed E-state index contributed by atoms with van der Waals surface area (Å²) in [4.78, 5) is 26.1. The number of nitrogens with zero attached hydrogens (tertiary/aromatic N) is 1. The first-order valence-corrected chi connectivity index (χ1v) is 8.40. The molecule has 0 amide bonds. The van der Waals surface area contributed by atoms with Gasteiger partial charge in [0.05, 0.1) is 5.69 Å². The summed E-state index contributed by atoms with van der Waals surface area (Å²) in [6.07, 6.45) is 1.15. The lowest BCUT2D eigenvalue weighted by molar-refractivity contribution is 0.0691. The van der Waals surface area contributed by atoms with Gasteiger partial charge in [-0.3, -0.25) is 4.79 Å². The van der Waals surface area contributed by atoms with Gasteiger partial charge in [0.25, 0.3) is 5.56 Å². The number of aromatic nitrogens is 2. The molecular formula is C19H19N3O4. The second-order valence-electron chi connectivity index (χ2n) is 6.63. The van der Waals surface area contributed by atoms with Gasteiger partial charge in [0.15, 0.2) is 5.56 Å². The zero-order valence-corrected chi connectivity index (χ0v) is 14.5. The van der Waals surface area contributed by atoms with Crippen LogP contribution in [-0.2, 0) is 26.4 Å². The van der Waals surface area contributed by atoms with Gasteiger partial charge in [0, 0.05) is 41.3 Å². The van der Waals surface area contributed by atoms with E-state index in [9.17, 15) is 19.8 Å². The highest BCUT2D eigenvalue weighted by molar-refractivity contribution is 5.94. The maximum atomic E-state index is 12.2. The van der Waals surface area contributed by atoms with E-state index < -0.39 is 22.8 Å². The standard InChI is InChI=1S/C19H19N3O4/c1-20-8-11-5-10-6-13-9(7-14(10)22(11)2)3-4-12-16(13)21-18(24)15(17(12)23)19(25)26/h5-7,20H,3-4,8H2,1-2H3,(H,25,26)(H2,21,23,24). The van der Waals surface area contributed by atoms with E-state index in [1.165, 1.54) is 0 Å². The van der Waals surface area contributed by atoms with Crippen molar-refractivity contribution in [2.75, 3.05) is 7.05 Å². The summed E-state index contributed by atoms with van der Waals surface area (Å²) in [7, 11) is 3.91. The third-order valence-corrected chi connectivity index (χ3v) is 5.14. The molecule has 0 radical (unpaired) electrons. The Morgan fingerprint density at radius 1 is 1.31 bits per heavy atom. The fraction of sp³-hybridized carbons (Fsp3) is 0.263. The molecule has 0 unspecified atom stereocenters. The molecule has 26 heavy (non-hydrogen) atoms. The number of hydrogen-bond acceptors (Lipinski definition) is 4. The number of rotatable bonds is 3. The highest BCUT2D eigenvalue weighted by Gasteiger charge is 2.27. The first kappa shape index (κ1) is 16.4. The number of aromatic hydroxyl groups is 1. The van der Waals surface area contributed by atoms with Crippen molar-refractivity contribution in [1.29, 1.82) is 0 Å². The second-order valence-corrected chi connectivity index (χ2v) is 6.63. The van der Waals surface area contributed by atoms with Gasteiger partial charge in [-0.25, -0.2) is 4.79 Å². The summed E-state index contributed by atoms with van der Waals surface area (Å²) >= 11 is 0. The molecule has 0 saturated heterocycles. The number of nitrogens with one attached hydrogen (secondary N) is 2. The lowest BCUT2D eigenvalue weighted by Crippen LogP contribution is -2.22. The van der Waals surface area contributed by atoms with Crippen LogP contribution < -0.4 is 10.9 Å². The van der Waals surface area contributed by atoms with Gasteiger partial charge >= 0.3 is 5.97 Å². The van der Waals surface area contributed by atoms with Crippen LogP contribution in [0.1, 0.15) is 27.2 Å². The molecule has 134 valence electrons. The predicted octanol–water partition coefficient (Wildman–Crippen LogP) is 1.76. The van der Waals surface area contributed by atoms with Crippen molar-refractivity contribution in [1.82, 2.24) is 14.9 Å². The average Bonchev–Trinajstić information content (AvgIpc) is 2.88. The number of benzene rings is 1. The molecule has 3 aromatic rings. The molecule has 0 saturated carbocycles. The van der Waals surface area contributed by atoms with Gasteiger partial charge in [0.1, 0.15) is 5.75 Å². The van der Waals surface area contributed by atoms with Gasteiger partial charge in [-0.2, -0.15) is 0 Å². The third kappa shape index (κ3) is 2.24. The normalized spacial score (nSPS) is 12.8. The van der Waals surface area contributed by atoms with Crippen LogP contribution in [0.5, 0.6) is 5.75 Å². The Hall–Kier alpha value is -3.06. The molecule has 0 bridgehead atoms. The first-order valence-electron chi connectivity index (χ1n) is 8.40. The van der Waals surface area contributed by atoms with E-state index in [0.29, 0.717) is 24.1 Å². The van der Waals surface area contributed by atoms with Gasteiger partial charge in [0.2, 0.25) is 0 Å². The topological polar surface area (TPSA) is 107 Å². The number of pyridine rings is 1. The van der Waals surface area contributed by atoms with Crippen LogP contribution in [0.15, 0.2) is 23.0 Å². The molecule has 1 aromatic carbocycles. The highest BCUT2D eigenvalue weighted by atomic mass is 16.4. The van der Waals surface area contributed by atoms with Gasteiger partial charge in [-0.1, -0.05) is 0 Å². The molecule has 4 N–H and O–H groups in total. The van der Waals surface area contributed by atoms with E-state index in [-0.39, 0.29) is 0 Å². The maximum absolute atomic E-state index is 12.2. The quantitative estimate of drug-likeness (QED) is 0.574. The number of carboxylic acid groups (broad SMARTS) is 1. The predicted molar refractivity (Wildman–Crippen MR) is 97.8 cm³/mol. The summed E-state index contributed by atoms with van der Waals surface area (Å²) in [5.74, 6) is -1.85. The Morgan fingerprint density at radius 2 is 2.08 bits per heavy atom. The number of carboxylic acids is 1. The van der Waals surface area contributed by atoms with Gasteiger partial charge in [-0.05, 0) is 43.7 Å². The molecule has 2 heterocycles. The lowest BCUT2D eigenvalue weighted by atomic mass is 9.87. The minimum atomic E-state index is -1.42. The Bertz CT molecular complexity index is 1120. The zero-order chi connectivity index (χ0) is 18.6. The number of aryl methyl sites for hydroxylation is 2. The Balaban J connectivity index is 1.98. The van der Waals surface area contributed by atoms with E-state index >= 15 is 0 Å². The van der Waals surface area contributed by atoms with E-state index in [1.807, 2.05) is 20.2 Å². The third-order valence-electron chi connectivity index (χ3n) is 5.14. The lowest BCUT2D eigenvalue weighted by Gasteiger charge is -2.21. The fourth-order valence-corrected chi connectivity index (χ4v) is 3.84. The number of carbonyl (C=O) groups is 1. The van der Waals surface area contributed by atoms with Crippen molar-refractivity contribution in [3.63, 3.8) is 0 Å². The van der Waals surface area contributed by atoms with Crippen molar-refractivity contribution >= 4 is 16.9 Å². The van der Waals surface area contributed by atoms with Gasteiger partial charge in [-0.15, -0.1) is 0 Å². The number of aromatic amines is 1. The van der Waals surface area contributed by atoms with Crippen molar-refractivity contribution in [3.8, 4) is 17.0 Å². The molecule has 4 rings (SSSR count). The molecule has 7 nitrogen and oxygen atoms in total. The zero-order valence-electron chi connectivity index (χ0n) is 14.5. The van der Waals surface area contributed by atoms with Crippen LogP contribution in [0, 0.1) is 0 Å². The molecule has 0 atom stereocenters. The summed E-state index contributed by atoms with van der Waals surface area (Å²) in [6, 6.07) is 6.19. The Morgan fingerprint density at radius 3 is 2.77 bits per heavy atom. The minimum absolute atomic E-state index is 0.425. The van der Waals surface area contributed by atoms with Crippen LogP contribution in [0.4, 0.5) is 0 Å². The summed E-state index contributed by atoms with van der Waals surface area (Å²) in [5.41, 5.74) is 3.77. The monoisotopic (exact) mass is 353 g/mol. The van der Waals surface area contributed by atoms with E-state index in [1.54, 1.807) is 0 Å². The maximum Gasteiger partial charge on any atom is 0.345 e. The molecule has 0 fully saturated rings. The van der Waals surface area contributed by atoms with Crippen molar-refractivity contribution in [2.24, 2.45) is 7.05 Å². The molecular weight excluding hydrogens is 334 g/mol. The Labute approximate surface area is 148 Å². The Kier molecular flexibility index (Phi) is 3.62. The van der Waals surface area contributed by atoms with Crippen LogP contribution in [-0.4, -0.2) is 32.8 Å². The molecule has 1 aliphatic carbocycles. The molecule has 1 aliphatic rings. The smallest absolute Gasteiger partial charge is 0.345 e. The summed E-state index contributed by atoms with van der Waals surface area (Å²) in [5, 5.41) is 23.7. The van der Waals surface area contributed by atoms with Crippen LogP contribution >= 0.6 is 0 Å². The molecule has 7 heteroatoms. The summed E-state index contributed by atoms with van der Waals surface area (Å²) < 4.78 is 2.13. The van der Waals surface area contributed by atoms with E-state index in [0.717, 1.165) is 34.3 Å². The summed E-state index contributed by atoms with van der Waals surface area (Å²) in [6.45, 7) is 0.742. The number of fused-ring (bicyclic) bond motifs is 4. The molecule has 0 aliphatic heterocycles. The average molecular weight is 353 g/mol. The minimum Gasteiger partial charge on any atom is -0.506 e. The van der Waals surface area contributed by atoms with E-state index in [2.05, 4.69) is 27.0 Å². The molecule has 0 spiro atoms. The largest absolute Gasteiger partial charge is 0.506 e. The van der Waals surface area contributed by atoms with Crippen LogP contribution in [0.2, 0.25) is 0 Å². The van der Waals surface area contributed by atoms with Crippen molar-refractivity contribution in [2.45, 2.75) is 19.4 Å². The second kappa shape index (κ2) is 5.74. The van der Waals surface area contributed by atoms with Crippen LogP contribution in [0.25, 0.3) is 22.2 Å². The fourth-order valence-electron chi connectivity index (χ4n) is 3.84. The number of hydrogen-bond donors (Lipinski definition) is 4. The van der Waals surface area contributed by atoms with E-state index in [4.69, 9.17) is 0 Å². The van der Waals surface area contributed by atoms with Gasteiger partial charge < -0.3 is 25.1 Å². The van der Waals surface area contributed by atoms with Crippen LogP contribution in [0.3, 0.4) is 0 Å². The SMILES string of the molecule is CNCc1cc2cc3c(cc2n1C)CCc1c-3[nH]c(=O)c(C(=O)O)c1O. The van der Waals surface area contributed by atoms with Crippen molar-refractivity contribution < 1.29 is 15.0 Å². The van der Waals surface area contributed by atoms with Crippen molar-refractivity contribution in [3.05, 3.63) is 50.9 Å². The molecule has 2 aromatic heterocycles. The number of aromatic carboxylic acids is 1.